The molecule has 0 fully saturated rings. The van der Waals surface area contributed by atoms with Gasteiger partial charge in [-0.3, -0.25) is 0 Å². The number of hydrogen-bond donors (Lipinski definition) is 1. The van der Waals surface area contributed by atoms with Gasteiger partial charge in [-0.2, -0.15) is 0 Å². The summed E-state index contributed by atoms with van der Waals surface area (Å²) < 4.78 is 6.57. The number of carbonyl (C=O) groups is 1. The van der Waals surface area contributed by atoms with Crippen LogP contribution in [0.2, 0.25) is 0 Å². The first-order chi connectivity index (χ1) is 8.06. The molecule has 0 radical (unpaired) electrons. The van der Waals surface area contributed by atoms with Crippen molar-refractivity contribution in [1.29, 1.82) is 0 Å². The maximum Gasteiger partial charge on any atom is 0.349 e. The third-order valence-corrected chi connectivity index (χ3v) is 4.60. The van der Waals surface area contributed by atoms with Gasteiger partial charge in [-0.25, -0.2) is 4.79 Å². The minimum atomic E-state index is -0.940. The number of ether oxygens (including phenoxy) is 1. The second-order valence-electron chi connectivity index (χ2n) is 3.40. The molecule has 2 rings (SSSR count). The molecule has 0 unspecified atom stereocenters. The fourth-order valence-electron chi connectivity index (χ4n) is 1.33. The zero-order chi connectivity index (χ0) is 12.4. The van der Waals surface area contributed by atoms with Gasteiger partial charge in [-0.15, -0.1) is 22.7 Å². The highest BCUT2D eigenvalue weighted by molar-refractivity contribution is 9.11. The predicted octanol–water partition coefficient (Wildman–Crippen LogP) is 4.16. The number of aromatic carboxylic acids is 1. The molecular weight excluding hydrogens is 324 g/mol. The molecule has 3 nitrogen and oxygen atoms in total. The zero-order valence-corrected chi connectivity index (χ0v) is 12.1. The maximum atomic E-state index is 11.0. The smallest absolute Gasteiger partial charge is 0.349 e. The summed E-state index contributed by atoms with van der Waals surface area (Å²) in [6, 6.07) is 3.72. The molecule has 0 amide bonds. The molecule has 0 aromatic carbocycles. The van der Waals surface area contributed by atoms with Gasteiger partial charge in [0.15, 0.2) is 4.88 Å². The Morgan fingerprint density at radius 1 is 1.53 bits per heavy atom. The average Bonchev–Trinajstić information content (AvgIpc) is 2.82. The molecule has 2 aromatic rings. The van der Waals surface area contributed by atoms with Crippen LogP contribution >= 0.6 is 38.6 Å². The van der Waals surface area contributed by atoms with Gasteiger partial charge in [0, 0.05) is 10.4 Å². The SMILES string of the molecule is Cc1cc(OCc2csc(Br)c2)c(C(=O)O)s1. The van der Waals surface area contributed by atoms with Crippen molar-refractivity contribution in [3.05, 3.63) is 36.6 Å². The van der Waals surface area contributed by atoms with Crippen LogP contribution in [-0.2, 0) is 6.61 Å². The number of rotatable bonds is 4. The lowest BCUT2D eigenvalue weighted by molar-refractivity contribution is 0.0697. The third-order valence-electron chi connectivity index (χ3n) is 2.03. The van der Waals surface area contributed by atoms with Crippen molar-refractivity contribution in [3.8, 4) is 5.75 Å². The molecule has 0 aliphatic rings. The lowest BCUT2D eigenvalue weighted by Crippen LogP contribution is -1.99. The molecule has 90 valence electrons. The van der Waals surface area contributed by atoms with Gasteiger partial charge in [0.2, 0.25) is 0 Å². The minimum Gasteiger partial charge on any atom is -0.487 e. The summed E-state index contributed by atoms with van der Waals surface area (Å²) in [4.78, 5) is 12.2. The molecule has 0 spiro atoms. The van der Waals surface area contributed by atoms with E-state index in [0.29, 0.717) is 12.4 Å². The van der Waals surface area contributed by atoms with Crippen molar-refractivity contribution in [2.45, 2.75) is 13.5 Å². The summed E-state index contributed by atoms with van der Waals surface area (Å²) in [5, 5.41) is 11.0. The quantitative estimate of drug-likeness (QED) is 0.914. The van der Waals surface area contributed by atoms with E-state index in [1.165, 1.54) is 11.3 Å². The van der Waals surface area contributed by atoms with E-state index in [2.05, 4.69) is 15.9 Å². The fraction of sp³-hybridized carbons (Fsp3) is 0.182. The lowest BCUT2D eigenvalue weighted by Gasteiger charge is -2.03. The Labute approximate surface area is 115 Å². The van der Waals surface area contributed by atoms with Crippen LogP contribution in [0.4, 0.5) is 0 Å². The zero-order valence-electron chi connectivity index (χ0n) is 8.90. The molecule has 0 bridgehead atoms. The monoisotopic (exact) mass is 332 g/mol. The van der Waals surface area contributed by atoms with Crippen molar-refractivity contribution in [1.82, 2.24) is 0 Å². The molecule has 6 heteroatoms. The first-order valence-corrected chi connectivity index (χ1v) is 7.24. The third kappa shape index (κ3) is 3.08. The van der Waals surface area contributed by atoms with Crippen molar-refractivity contribution >= 4 is 44.6 Å². The number of carboxylic acid groups (broad SMARTS) is 1. The van der Waals surface area contributed by atoms with Crippen LogP contribution in [0.3, 0.4) is 0 Å². The number of aryl methyl sites for hydroxylation is 1. The standard InChI is InChI=1S/C11H9BrO3S2/c1-6-2-8(10(17-6)11(13)14)15-4-7-3-9(12)16-5-7/h2-3,5H,4H2,1H3,(H,13,14). The molecule has 2 heterocycles. The summed E-state index contributed by atoms with van der Waals surface area (Å²) in [5.74, 6) is -0.494. The maximum absolute atomic E-state index is 11.0. The Bertz CT molecular complexity index is 545. The molecule has 0 aliphatic carbocycles. The van der Waals surface area contributed by atoms with Crippen LogP contribution < -0.4 is 4.74 Å². The second-order valence-corrected chi connectivity index (χ2v) is 6.95. The van der Waals surface area contributed by atoms with Gasteiger partial charge in [0.1, 0.15) is 12.4 Å². The number of thiophene rings is 2. The van der Waals surface area contributed by atoms with E-state index in [1.807, 2.05) is 18.4 Å². The molecule has 0 aliphatic heterocycles. The van der Waals surface area contributed by atoms with E-state index < -0.39 is 5.97 Å². The summed E-state index contributed by atoms with van der Waals surface area (Å²) in [6.07, 6.45) is 0. The predicted molar refractivity (Wildman–Crippen MR) is 72.4 cm³/mol. The second kappa shape index (κ2) is 5.20. The van der Waals surface area contributed by atoms with E-state index in [1.54, 1.807) is 17.4 Å². The Morgan fingerprint density at radius 3 is 2.88 bits per heavy atom. The Balaban J connectivity index is 2.11. The number of hydrogen-bond acceptors (Lipinski definition) is 4. The van der Waals surface area contributed by atoms with Gasteiger partial charge in [-0.1, -0.05) is 0 Å². The van der Waals surface area contributed by atoms with Crippen LogP contribution in [0.15, 0.2) is 21.3 Å². The fourth-order valence-corrected chi connectivity index (χ4v) is 3.32. The first-order valence-electron chi connectivity index (χ1n) is 4.75. The Hall–Kier alpha value is -0.850. The van der Waals surface area contributed by atoms with E-state index in [4.69, 9.17) is 9.84 Å². The van der Waals surface area contributed by atoms with Crippen molar-refractivity contribution in [2.24, 2.45) is 0 Å². The highest BCUT2D eigenvalue weighted by atomic mass is 79.9. The van der Waals surface area contributed by atoms with Gasteiger partial charge < -0.3 is 9.84 Å². The highest BCUT2D eigenvalue weighted by Gasteiger charge is 2.15. The lowest BCUT2D eigenvalue weighted by atomic mass is 10.3. The summed E-state index contributed by atoms with van der Waals surface area (Å²) in [6.45, 7) is 2.25. The summed E-state index contributed by atoms with van der Waals surface area (Å²) >= 11 is 6.18. The van der Waals surface area contributed by atoms with Gasteiger partial charge >= 0.3 is 5.97 Å². The van der Waals surface area contributed by atoms with Gasteiger partial charge in [0.25, 0.3) is 0 Å². The van der Waals surface area contributed by atoms with Gasteiger partial charge in [-0.05, 0) is 40.4 Å². The Kier molecular flexibility index (Phi) is 3.86. The normalized spacial score (nSPS) is 10.5. The van der Waals surface area contributed by atoms with Crippen LogP contribution in [0.25, 0.3) is 0 Å². The topological polar surface area (TPSA) is 46.5 Å². The van der Waals surface area contributed by atoms with E-state index in [9.17, 15) is 4.79 Å². The molecule has 0 saturated heterocycles. The van der Waals surface area contributed by atoms with Crippen molar-refractivity contribution in [3.63, 3.8) is 0 Å². The van der Waals surface area contributed by atoms with Crippen molar-refractivity contribution < 1.29 is 14.6 Å². The van der Waals surface area contributed by atoms with E-state index in [0.717, 1.165) is 14.2 Å². The van der Waals surface area contributed by atoms with Crippen LogP contribution in [0.1, 0.15) is 20.1 Å². The molecule has 2 aromatic heterocycles. The van der Waals surface area contributed by atoms with Crippen molar-refractivity contribution in [2.75, 3.05) is 0 Å². The molecular formula is C11H9BrO3S2. The van der Waals surface area contributed by atoms with E-state index >= 15 is 0 Å². The number of halogens is 1. The molecule has 0 atom stereocenters. The van der Waals surface area contributed by atoms with Crippen LogP contribution in [0, 0.1) is 6.92 Å². The largest absolute Gasteiger partial charge is 0.487 e. The van der Waals surface area contributed by atoms with E-state index in [-0.39, 0.29) is 4.88 Å². The van der Waals surface area contributed by atoms with Crippen LogP contribution in [-0.4, -0.2) is 11.1 Å². The molecule has 0 saturated carbocycles. The van der Waals surface area contributed by atoms with Crippen LogP contribution in [0.5, 0.6) is 5.75 Å². The molecule has 17 heavy (non-hydrogen) atoms. The summed E-state index contributed by atoms with van der Waals surface area (Å²) in [7, 11) is 0. The first kappa shape index (κ1) is 12.6. The average molecular weight is 333 g/mol. The summed E-state index contributed by atoms with van der Waals surface area (Å²) in [5.41, 5.74) is 1.03. The minimum absolute atomic E-state index is 0.261. The van der Waals surface area contributed by atoms with Gasteiger partial charge in [0.05, 0.1) is 3.79 Å². The number of carboxylic acids is 1. The molecule has 1 N–H and O–H groups in total. The Morgan fingerprint density at radius 2 is 2.29 bits per heavy atom. The highest BCUT2D eigenvalue weighted by Crippen LogP contribution is 2.30.